The maximum atomic E-state index is 13.8. The molecule has 1 aliphatic carbocycles. The Balaban J connectivity index is 1.62. The first-order chi connectivity index (χ1) is 13.2. The van der Waals surface area contributed by atoms with Crippen molar-refractivity contribution in [1.82, 2.24) is 15.6 Å². The number of aromatic nitrogens is 1. The Bertz CT molecular complexity index is 858. The minimum atomic E-state index is -3.17. The molecule has 0 bridgehead atoms. The number of nitrogens with one attached hydrogen (secondary N) is 2. The van der Waals surface area contributed by atoms with Gasteiger partial charge < -0.3 is 15.4 Å². The lowest BCUT2D eigenvalue weighted by atomic mass is 9.86. The Kier molecular flexibility index (Phi) is 5.97. The zero-order valence-corrected chi connectivity index (χ0v) is 14.8. The largest absolute Gasteiger partial charge is 0.432 e. The van der Waals surface area contributed by atoms with Crippen molar-refractivity contribution in [2.75, 3.05) is 0 Å². The molecule has 1 aliphatic rings. The average molecular weight is 403 g/mol. The third-order valence-electron chi connectivity index (χ3n) is 4.56. The molecule has 2 N–H and O–H groups in total. The van der Waals surface area contributed by atoms with E-state index < -0.39 is 36.6 Å². The molecule has 28 heavy (non-hydrogen) atoms. The number of alkyl halides is 4. The summed E-state index contributed by atoms with van der Waals surface area (Å²) < 4.78 is 67.5. The van der Waals surface area contributed by atoms with Gasteiger partial charge in [0.2, 0.25) is 0 Å². The molecular weight excluding hydrogens is 385 g/mol. The van der Waals surface area contributed by atoms with Crippen molar-refractivity contribution in [3.05, 3.63) is 35.8 Å². The Hall–Kier alpha value is -2.49. The van der Waals surface area contributed by atoms with Gasteiger partial charge in [-0.05, 0) is 31.9 Å². The second kappa shape index (κ2) is 8.26. The van der Waals surface area contributed by atoms with Crippen LogP contribution in [0.4, 0.5) is 22.0 Å². The average Bonchev–Trinajstić information content (AvgIpc) is 2.59. The fourth-order valence-electron chi connectivity index (χ4n) is 3.02. The first kappa shape index (κ1) is 20.2. The van der Waals surface area contributed by atoms with Crippen LogP contribution in [-0.2, 0) is 0 Å². The van der Waals surface area contributed by atoms with Crippen molar-refractivity contribution in [3.63, 3.8) is 0 Å². The lowest BCUT2D eigenvalue weighted by Gasteiger charge is -2.38. The Labute approximate surface area is 157 Å². The van der Waals surface area contributed by atoms with Crippen LogP contribution in [0.15, 0.2) is 24.4 Å². The third kappa shape index (κ3) is 4.67. The van der Waals surface area contributed by atoms with Gasteiger partial charge in [0.25, 0.3) is 12.3 Å². The Morgan fingerprint density at radius 1 is 1.18 bits per heavy atom. The molecule has 1 fully saturated rings. The van der Waals surface area contributed by atoms with E-state index in [1.165, 1.54) is 19.2 Å². The molecule has 152 valence electrons. The summed E-state index contributed by atoms with van der Waals surface area (Å²) in [4.78, 5) is 16.3. The van der Waals surface area contributed by atoms with E-state index >= 15 is 0 Å². The standard InChI is InChI=1S/C18H18F5N3O2/c1-8(16(20)21)25-11-4-12(5-11)26-17(27)10-2-9-3-13(19)15(28-18(22)23)6-14(9)24-7-10/h2-3,6-8,11-12,16,18,25H,4-5H2,1H3,(H,26,27)/t8-,11-,12-/m1/s1. The first-order valence-electron chi connectivity index (χ1n) is 8.62. The highest BCUT2D eigenvalue weighted by Gasteiger charge is 2.32. The number of benzene rings is 1. The number of hydrogen-bond acceptors (Lipinski definition) is 4. The van der Waals surface area contributed by atoms with E-state index in [4.69, 9.17) is 0 Å². The van der Waals surface area contributed by atoms with Crippen LogP contribution in [0, 0.1) is 5.82 Å². The predicted octanol–water partition coefficient (Wildman–Crippen LogP) is 3.48. The monoisotopic (exact) mass is 403 g/mol. The van der Waals surface area contributed by atoms with Crippen molar-refractivity contribution in [2.24, 2.45) is 0 Å². The number of hydrogen-bond donors (Lipinski definition) is 2. The van der Waals surface area contributed by atoms with E-state index in [2.05, 4.69) is 20.4 Å². The van der Waals surface area contributed by atoms with Gasteiger partial charge in [-0.2, -0.15) is 8.78 Å². The number of carbonyl (C=O) groups excluding carboxylic acids is 1. The molecule has 0 radical (unpaired) electrons. The molecule has 1 aromatic heterocycles. The van der Waals surface area contributed by atoms with Gasteiger partial charge in [-0.25, -0.2) is 13.2 Å². The number of fused-ring (bicyclic) bond motifs is 1. The summed E-state index contributed by atoms with van der Waals surface area (Å²) >= 11 is 0. The normalized spacial score (nSPS) is 20.3. The highest BCUT2D eigenvalue weighted by atomic mass is 19.3. The Morgan fingerprint density at radius 2 is 1.89 bits per heavy atom. The number of amides is 1. The summed E-state index contributed by atoms with van der Waals surface area (Å²) in [7, 11) is 0. The highest BCUT2D eigenvalue weighted by Crippen LogP contribution is 2.26. The number of pyridine rings is 1. The van der Waals surface area contributed by atoms with Crippen LogP contribution in [0.1, 0.15) is 30.1 Å². The van der Waals surface area contributed by atoms with E-state index in [1.54, 1.807) is 0 Å². The van der Waals surface area contributed by atoms with Gasteiger partial charge in [0.05, 0.1) is 17.1 Å². The molecule has 1 aromatic carbocycles. The summed E-state index contributed by atoms with van der Waals surface area (Å²) in [5.74, 6) is -2.06. The minimum Gasteiger partial charge on any atom is -0.432 e. The minimum absolute atomic E-state index is 0.0913. The van der Waals surface area contributed by atoms with E-state index in [9.17, 15) is 26.7 Å². The van der Waals surface area contributed by atoms with Gasteiger partial charge in [-0.1, -0.05) is 0 Å². The van der Waals surface area contributed by atoms with Gasteiger partial charge >= 0.3 is 6.61 Å². The van der Waals surface area contributed by atoms with Crippen LogP contribution in [0.5, 0.6) is 5.75 Å². The zero-order chi connectivity index (χ0) is 20.4. The van der Waals surface area contributed by atoms with E-state index in [0.29, 0.717) is 12.8 Å². The topological polar surface area (TPSA) is 63.2 Å². The lowest BCUT2D eigenvalue weighted by Crippen LogP contribution is -2.55. The number of ether oxygens (including phenoxy) is 1. The van der Waals surface area contributed by atoms with E-state index in [1.807, 2.05) is 0 Å². The number of nitrogens with zero attached hydrogens (tertiary/aromatic N) is 1. The van der Waals surface area contributed by atoms with Crippen LogP contribution in [0.3, 0.4) is 0 Å². The van der Waals surface area contributed by atoms with Gasteiger partial charge in [0.15, 0.2) is 11.6 Å². The molecule has 1 amide bonds. The molecule has 2 aromatic rings. The molecule has 0 spiro atoms. The van der Waals surface area contributed by atoms with Crippen molar-refractivity contribution in [2.45, 2.75) is 50.9 Å². The second-order valence-electron chi connectivity index (χ2n) is 6.71. The van der Waals surface area contributed by atoms with Crippen molar-refractivity contribution in [3.8, 4) is 5.75 Å². The number of rotatable bonds is 7. The molecule has 3 rings (SSSR count). The molecular formula is C18H18F5N3O2. The molecule has 10 heteroatoms. The van der Waals surface area contributed by atoms with Gasteiger partial charge in [-0.3, -0.25) is 9.78 Å². The lowest BCUT2D eigenvalue weighted by molar-refractivity contribution is -0.0520. The molecule has 0 aliphatic heterocycles. The summed E-state index contributed by atoms with van der Waals surface area (Å²) in [5, 5.41) is 5.80. The smallest absolute Gasteiger partial charge is 0.387 e. The molecule has 0 unspecified atom stereocenters. The quantitative estimate of drug-likeness (QED) is 0.695. The first-order valence-corrected chi connectivity index (χ1v) is 8.62. The molecule has 1 heterocycles. The van der Waals surface area contributed by atoms with Crippen LogP contribution in [-0.4, -0.2) is 42.1 Å². The Morgan fingerprint density at radius 3 is 2.54 bits per heavy atom. The van der Waals surface area contributed by atoms with Crippen LogP contribution in [0.2, 0.25) is 0 Å². The maximum absolute atomic E-state index is 13.8. The second-order valence-corrected chi connectivity index (χ2v) is 6.71. The summed E-state index contributed by atoms with van der Waals surface area (Å²) in [6, 6.07) is 2.22. The van der Waals surface area contributed by atoms with E-state index in [0.717, 1.165) is 12.1 Å². The van der Waals surface area contributed by atoms with Crippen molar-refractivity contribution >= 4 is 16.8 Å². The third-order valence-corrected chi connectivity index (χ3v) is 4.56. The van der Waals surface area contributed by atoms with Crippen LogP contribution >= 0.6 is 0 Å². The zero-order valence-electron chi connectivity index (χ0n) is 14.8. The molecule has 0 saturated heterocycles. The van der Waals surface area contributed by atoms with Crippen molar-refractivity contribution in [1.29, 1.82) is 0 Å². The number of carbonyl (C=O) groups is 1. The maximum Gasteiger partial charge on any atom is 0.387 e. The fraction of sp³-hybridized carbons (Fsp3) is 0.444. The molecule has 1 saturated carbocycles. The predicted molar refractivity (Wildman–Crippen MR) is 91.2 cm³/mol. The van der Waals surface area contributed by atoms with Gasteiger partial charge in [0, 0.05) is 29.7 Å². The fourth-order valence-corrected chi connectivity index (χ4v) is 3.02. The summed E-state index contributed by atoms with van der Waals surface area (Å²) in [6.45, 7) is -1.77. The highest BCUT2D eigenvalue weighted by molar-refractivity contribution is 5.97. The van der Waals surface area contributed by atoms with Crippen LogP contribution in [0.25, 0.3) is 10.9 Å². The summed E-state index contributed by atoms with van der Waals surface area (Å²) in [6.07, 6.45) is -0.168. The van der Waals surface area contributed by atoms with Gasteiger partial charge in [0.1, 0.15) is 0 Å². The van der Waals surface area contributed by atoms with Gasteiger partial charge in [-0.15, -0.1) is 0 Å². The molecule has 1 atom stereocenters. The SMILES string of the molecule is C[C@@H](N[C@H]1C[C@H](NC(=O)c2cnc3cc(OC(F)F)c(F)cc3c2)C1)C(F)F. The van der Waals surface area contributed by atoms with Crippen molar-refractivity contribution < 1.29 is 31.5 Å². The summed E-state index contributed by atoms with van der Waals surface area (Å²) in [5.41, 5.74) is 0.370. The molecule has 5 nitrogen and oxygen atoms in total. The van der Waals surface area contributed by atoms with Crippen LogP contribution < -0.4 is 15.4 Å². The van der Waals surface area contributed by atoms with E-state index in [-0.39, 0.29) is 28.6 Å². The number of halogens is 5.